The van der Waals surface area contributed by atoms with Crippen molar-refractivity contribution in [2.75, 3.05) is 4.90 Å². The number of urea groups is 1. The molecule has 0 aliphatic rings. The number of carbonyl (C=O) groups excluding carboxylic acids is 2. The summed E-state index contributed by atoms with van der Waals surface area (Å²) in [5, 5.41) is 1.87. The van der Waals surface area contributed by atoms with Crippen LogP contribution < -0.4 is 15.2 Å². The van der Waals surface area contributed by atoms with Gasteiger partial charge in [-0.05, 0) is 23.6 Å². The molecule has 0 unspecified atom stereocenters. The summed E-state index contributed by atoms with van der Waals surface area (Å²) in [7, 11) is 0. The van der Waals surface area contributed by atoms with Gasteiger partial charge in [0.1, 0.15) is 0 Å². The van der Waals surface area contributed by atoms with Crippen molar-refractivity contribution in [1.82, 2.24) is 5.48 Å². The van der Waals surface area contributed by atoms with Crippen molar-refractivity contribution in [1.29, 1.82) is 0 Å². The van der Waals surface area contributed by atoms with Crippen LogP contribution in [0.3, 0.4) is 0 Å². The number of benzene rings is 3. The third kappa shape index (κ3) is 3.61. The average Bonchev–Trinajstić information content (AvgIpc) is 2.67. The number of carbonyl (C=O) groups is 2. The number of amides is 3. The second kappa shape index (κ2) is 7.49. The van der Waals surface area contributed by atoms with Gasteiger partial charge in [-0.15, -0.1) is 0 Å². The third-order valence-corrected chi connectivity index (χ3v) is 3.77. The predicted molar refractivity (Wildman–Crippen MR) is 97.3 cm³/mol. The van der Waals surface area contributed by atoms with E-state index in [9.17, 15) is 9.59 Å². The van der Waals surface area contributed by atoms with E-state index in [2.05, 4.69) is 5.48 Å². The lowest BCUT2D eigenvalue weighted by atomic mass is 10.1. The van der Waals surface area contributed by atoms with Gasteiger partial charge in [-0.1, -0.05) is 61.5 Å². The van der Waals surface area contributed by atoms with E-state index in [1.165, 1.54) is 0 Å². The zero-order valence-electron chi connectivity index (χ0n) is 13.8. The fourth-order valence-electron chi connectivity index (χ4n) is 2.54. The number of hydrogen-bond donors (Lipinski definition) is 1. The van der Waals surface area contributed by atoms with E-state index < -0.39 is 6.03 Å². The zero-order chi connectivity index (χ0) is 17.6. The number of hydrogen-bond acceptors (Lipinski definition) is 3. The van der Waals surface area contributed by atoms with Crippen molar-refractivity contribution in [3.63, 3.8) is 0 Å². The number of fused-ring (bicyclic) bond motifs is 1. The van der Waals surface area contributed by atoms with E-state index in [-0.39, 0.29) is 12.3 Å². The van der Waals surface area contributed by atoms with Crippen molar-refractivity contribution < 1.29 is 14.4 Å². The van der Waals surface area contributed by atoms with Gasteiger partial charge in [0, 0.05) is 11.8 Å². The molecule has 0 spiro atoms. The maximum absolute atomic E-state index is 12.5. The quantitative estimate of drug-likeness (QED) is 0.724. The van der Waals surface area contributed by atoms with Crippen LogP contribution in [0.2, 0.25) is 0 Å². The summed E-state index contributed by atoms with van der Waals surface area (Å²) in [6, 6.07) is 21.4. The maximum Gasteiger partial charge on any atom is 0.361 e. The Balaban J connectivity index is 1.81. The number of hydroxylamine groups is 1. The van der Waals surface area contributed by atoms with Crippen molar-refractivity contribution in [2.24, 2.45) is 0 Å². The van der Waals surface area contributed by atoms with Gasteiger partial charge in [0.15, 0.2) is 5.75 Å². The van der Waals surface area contributed by atoms with Gasteiger partial charge in [-0.25, -0.2) is 9.69 Å². The fourth-order valence-corrected chi connectivity index (χ4v) is 2.54. The zero-order valence-corrected chi connectivity index (χ0v) is 13.8. The van der Waals surface area contributed by atoms with Crippen LogP contribution in [0.25, 0.3) is 10.8 Å². The highest BCUT2D eigenvalue weighted by molar-refractivity contribution is 6.13. The van der Waals surface area contributed by atoms with E-state index in [1.54, 1.807) is 37.3 Å². The first kappa shape index (κ1) is 16.5. The minimum absolute atomic E-state index is 0.205. The van der Waals surface area contributed by atoms with Gasteiger partial charge < -0.3 is 4.84 Å². The first-order valence-corrected chi connectivity index (χ1v) is 8.03. The highest BCUT2D eigenvalue weighted by atomic mass is 16.7. The summed E-state index contributed by atoms with van der Waals surface area (Å²) in [5.74, 6) is 0.202. The first-order valence-electron chi connectivity index (χ1n) is 8.03. The molecule has 0 radical (unpaired) electrons. The Morgan fingerprint density at radius 3 is 2.36 bits per heavy atom. The van der Waals surface area contributed by atoms with Crippen molar-refractivity contribution >= 4 is 28.4 Å². The van der Waals surface area contributed by atoms with Crippen LogP contribution >= 0.6 is 0 Å². The summed E-state index contributed by atoms with van der Waals surface area (Å²) in [5.41, 5.74) is 2.86. The molecule has 5 nitrogen and oxygen atoms in total. The number of nitrogens with one attached hydrogen (secondary N) is 1. The topological polar surface area (TPSA) is 58.6 Å². The molecule has 0 aliphatic carbocycles. The largest absolute Gasteiger partial charge is 0.377 e. The molecule has 0 fully saturated rings. The molecular weight excluding hydrogens is 316 g/mol. The van der Waals surface area contributed by atoms with E-state index >= 15 is 0 Å². The van der Waals surface area contributed by atoms with Gasteiger partial charge in [0.2, 0.25) is 5.91 Å². The monoisotopic (exact) mass is 334 g/mol. The third-order valence-electron chi connectivity index (χ3n) is 3.77. The molecule has 3 aromatic carbocycles. The maximum atomic E-state index is 12.5. The molecule has 1 N–H and O–H groups in total. The Labute approximate surface area is 145 Å². The van der Waals surface area contributed by atoms with Crippen molar-refractivity contribution in [3.05, 3.63) is 72.8 Å². The van der Waals surface area contributed by atoms with Crippen LogP contribution in [0.1, 0.15) is 13.3 Å². The average molecular weight is 334 g/mol. The lowest BCUT2D eigenvalue weighted by Crippen LogP contribution is -2.45. The molecule has 0 saturated carbocycles. The summed E-state index contributed by atoms with van der Waals surface area (Å²) in [6.45, 7) is 1.71. The molecule has 0 heterocycles. The van der Waals surface area contributed by atoms with E-state index in [0.29, 0.717) is 11.4 Å². The van der Waals surface area contributed by atoms with Crippen LogP contribution in [-0.2, 0) is 4.79 Å². The second-order valence-electron chi connectivity index (χ2n) is 5.40. The molecule has 0 bridgehead atoms. The van der Waals surface area contributed by atoms with Crippen molar-refractivity contribution in [2.45, 2.75) is 13.3 Å². The van der Waals surface area contributed by atoms with Crippen LogP contribution in [-0.4, -0.2) is 11.9 Å². The van der Waals surface area contributed by atoms with Crippen LogP contribution in [0.5, 0.6) is 5.75 Å². The van der Waals surface area contributed by atoms with Crippen LogP contribution in [0, 0.1) is 0 Å². The molecule has 126 valence electrons. The lowest BCUT2D eigenvalue weighted by molar-refractivity contribution is -0.117. The molecule has 0 aromatic heterocycles. The molecule has 0 atom stereocenters. The minimum atomic E-state index is -0.633. The number of nitrogens with zero attached hydrogens (tertiary/aromatic N) is 1. The smallest absolute Gasteiger partial charge is 0.361 e. The Morgan fingerprint density at radius 1 is 0.920 bits per heavy atom. The minimum Gasteiger partial charge on any atom is -0.377 e. The Hall–Kier alpha value is -3.34. The number of anilines is 1. The predicted octanol–water partition coefficient (Wildman–Crippen LogP) is 4.29. The standard InChI is InChI=1S/C20H18N2O3/c1-2-19(23)22(16-11-4-3-5-12-16)20(24)21-25-18-14-8-10-15-9-6-7-13-17(15)18/h3-14H,2H2,1H3,(H,21,24). The summed E-state index contributed by atoms with van der Waals surface area (Å²) >= 11 is 0. The molecule has 5 heteroatoms. The van der Waals surface area contributed by atoms with Crippen LogP contribution in [0.4, 0.5) is 10.5 Å². The van der Waals surface area contributed by atoms with Gasteiger partial charge >= 0.3 is 6.03 Å². The van der Waals surface area contributed by atoms with Gasteiger partial charge in [0.25, 0.3) is 0 Å². The Kier molecular flexibility index (Phi) is 4.95. The SMILES string of the molecule is CCC(=O)N(C(=O)NOc1cccc2ccccc12)c1ccccc1. The first-order chi connectivity index (χ1) is 12.2. The summed E-state index contributed by atoms with van der Waals surface area (Å²) in [4.78, 5) is 31.3. The molecule has 3 amide bonds. The Bertz CT molecular complexity index is 888. The molecule has 3 rings (SSSR count). The molecule has 0 saturated heterocycles. The highest BCUT2D eigenvalue weighted by Gasteiger charge is 2.22. The van der Waals surface area contributed by atoms with Crippen molar-refractivity contribution in [3.8, 4) is 5.75 Å². The lowest BCUT2D eigenvalue weighted by Gasteiger charge is -2.21. The Morgan fingerprint density at radius 2 is 1.60 bits per heavy atom. The highest BCUT2D eigenvalue weighted by Crippen LogP contribution is 2.24. The van der Waals surface area contributed by atoms with E-state index in [4.69, 9.17) is 4.84 Å². The number of imide groups is 1. The fraction of sp³-hybridized carbons (Fsp3) is 0.100. The molecular formula is C20H18N2O3. The van der Waals surface area contributed by atoms with E-state index in [0.717, 1.165) is 15.7 Å². The molecule has 25 heavy (non-hydrogen) atoms. The summed E-state index contributed by atoms with van der Waals surface area (Å²) in [6.07, 6.45) is 0.205. The second-order valence-corrected chi connectivity index (χ2v) is 5.40. The van der Waals surface area contributed by atoms with E-state index in [1.807, 2.05) is 42.5 Å². The normalized spacial score (nSPS) is 10.3. The van der Waals surface area contributed by atoms with Gasteiger partial charge in [-0.2, -0.15) is 5.48 Å². The van der Waals surface area contributed by atoms with Gasteiger partial charge in [0.05, 0.1) is 5.69 Å². The van der Waals surface area contributed by atoms with Crippen LogP contribution in [0.15, 0.2) is 72.8 Å². The number of rotatable bonds is 4. The number of para-hydroxylation sites is 1. The molecule has 3 aromatic rings. The van der Waals surface area contributed by atoms with Gasteiger partial charge in [-0.3, -0.25) is 4.79 Å². The summed E-state index contributed by atoms with van der Waals surface area (Å²) < 4.78 is 0. The molecule has 0 aliphatic heterocycles.